The molecule has 0 aliphatic carbocycles. The lowest BCUT2D eigenvalue weighted by atomic mass is 10.0. The summed E-state index contributed by atoms with van der Waals surface area (Å²) in [5.41, 5.74) is 0.901. The normalized spacial score (nSPS) is 20.5. The maximum Gasteiger partial charge on any atom is 0.102 e. The van der Waals surface area contributed by atoms with Crippen molar-refractivity contribution in [2.45, 2.75) is 31.5 Å². The van der Waals surface area contributed by atoms with Crippen LogP contribution in [0.5, 0.6) is 0 Å². The summed E-state index contributed by atoms with van der Waals surface area (Å²) in [4.78, 5) is 0. The topological polar surface area (TPSA) is 38.7 Å². The van der Waals surface area contributed by atoms with Crippen molar-refractivity contribution in [3.63, 3.8) is 0 Å². The Kier molecular flexibility index (Phi) is 4.86. The molecule has 112 valence electrons. The average molecular weight is 286 g/mol. The maximum atomic E-state index is 10.2. The minimum atomic E-state index is -0.585. The van der Waals surface area contributed by atoms with Gasteiger partial charge in [-0.2, -0.15) is 0 Å². The van der Waals surface area contributed by atoms with E-state index >= 15 is 0 Å². The van der Waals surface area contributed by atoms with Crippen molar-refractivity contribution in [3.8, 4) is 0 Å². The smallest absolute Gasteiger partial charge is 0.102 e. The van der Waals surface area contributed by atoms with Crippen molar-refractivity contribution in [1.29, 1.82) is 0 Å². The van der Waals surface area contributed by atoms with Gasteiger partial charge in [0.1, 0.15) is 6.10 Å². The zero-order chi connectivity index (χ0) is 14.5. The number of aliphatic hydroxyl groups excluding tert-OH is 1. The summed E-state index contributed by atoms with van der Waals surface area (Å²) in [6, 6.07) is 14.2. The summed E-state index contributed by atoms with van der Waals surface area (Å²) < 4.78 is 11.2. The SMILES string of the molecule is OC(COCC1CCCCO1)c1ccc2ccccc2c1. The average Bonchev–Trinajstić information content (AvgIpc) is 2.55. The van der Waals surface area contributed by atoms with E-state index in [1.165, 1.54) is 11.8 Å². The van der Waals surface area contributed by atoms with Gasteiger partial charge in [-0.25, -0.2) is 0 Å². The van der Waals surface area contributed by atoms with Crippen LogP contribution in [0.15, 0.2) is 42.5 Å². The molecule has 1 saturated heterocycles. The molecule has 3 heteroatoms. The van der Waals surface area contributed by atoms with Crippen molar-refractivity contribution in [2.24, 2.45) is 0 Å². The summed E-state index contributed by atoms with van der Waals surface area (Å²) >= 11 is 0. The van der Waals surface area contributed by atoms with Gasteiger partial charge < -0.3 is 14.6 Å². The fourth-order valence-corrected chi connectivity index (χ4v) is 2.76. The van der Waals surface area contributed by atoms with Crippen molar-refractivity contribution in [1.82, 2.24) is 0 Å². The number of benzene rings is 2. The van der Waals surface area contributed by atoms with Gasteiger partial charge in [-0.1, -0.05) is 36.4 Å². The fraction of sp³-hybridized carbons (Fsp3) is 0.444. The highest BCUT2D eigenvalue weighted by Gasteiger charge is 2.15. The number of ether oxygens (including phenoxy) is 2. The van der Waals surface area contributed by atoms with Crippen molar-refractivity contribution < 1.29 is 14.6 Å². The van der Waals surface area contributed by atoms with E-state index in [9.17, 15) is 5.11 Å². The second-order valence-corrected chi connectivity index (χ2v) is 5.65. The molecule has 1 aliphatic heterocycles. The van der Waals surface area contributed by atoms with Crippen LogP contribution in [-0.2, 0) is 9.47 Å². The van der Waals surface area contributed by atoms with E-state index in [4.69, 9.17) is 9.47 Å². The first-order chi connectivity index (χ1) is 10.3. The van der Waals surface area contributed by atoms with Gasteiger partial charge in [-0.3, -0.25) is 0 Å². The van der Waals surface area contributed by atoms with E-state index in [1.807, 2.05) is 30.3 Å². The van der Waals surface area contributed by atoms with Gasteiger partial charge in [0, 0.05) is 6.61 Å². The molecule has 0 spiro atoms. The molecule has 2 unspecified atom stereocenters. The summed E-state index contributed by atoms with van der Waals surface area (Å²) in [6.45, 7) is 1.73. The molecule has 0 radical (unpaired) electrons. The molecule has 1 aliphatic rings. The first-order valence-corrected chi connectivity index (χ1v) is 7.69. The molecule has 1 N–H and O–H groups in total. The lowest BCUT2D eigenvalue weighted by Gasteiger charge is -2.23. The molecule has 2 atom stereocenters. The molecule has 0 saturated carbocycles. The lowest BCUT2D eigenvalue weighted by Crippen LogP contribution is -2.25. The quantitative estimate of drug-likeness (QED) is 0.915. The third-order valence-corrected chi connectivity index (χ3v) is 4.01. The molecule has 3 rings (SSSR count). The van der Waals surface area contributed by atoms with Gasteiger partial charge in [0.25, 0.3) is 0 Å². The van der Waals surface area contributed by atoms with Crippen LogP contribution >= 0.6 is 0 Å². The number of fused-ring (bicyclic) bond motifs is 1. The number of aliphatic hydroxyl groups is 1. The molecule has 0 aromatic heterocycles. The summed E-state index contributed by atoms with van der Waals surface area (Å²) in [5.74, 6) is 0. The van der Waals surface area contributed by atoms with Crippen LogP contribution in [0.1, 0.15) is 30.9 Å². The molecule has 2 aromatic carbocycles. The Morgan fingerprint density at radius 3 is 2.81 bits per heavy atom. The van der Waals surface area contributed by atoms with Gasteiger partial charge in [-0.05, 0) is 41.7 Å². The standard InChI is InChI=1S/C18H22O3/c19-18(13-20-12-17-7-3-4-10-21-17)16-9-8-14-5-1-2-6-15(14)11-16/h1-2,5-6,8-9,11,17-19H,3-4,7,10,12-13H2. The van der Waals surface area contributed by atoms with Crippen LogP contribution in [0, 0.1) is 0 Å². The van der Waals surface area contributed by atoms with Crippen LogP contribution in [0.2, 0.25) is 0 Å². The molecule has 1 fully saturated rings. The molecule has 1 heterocycles. The third kappa shape index (κ3) is 3.82. The lowest BCUT2D eigenvalue weighted by molar-refractivity contribution is -0.0574. The van der Waals surface area contributed by atoms with E-state index in [2.05, 4.69) is 12.1 Å². The van der Waals surface area contributed by atoms with Crippen LogP contribution in [0.4, 0.5) is 0 Å². The van der Waals surface area contributed by atoms with E-state index in [1.54, 1.807) is 0 Å². The molecular weight excluding hydrogens is 264 g/mol. The maximum absolute atomic E-state index is 10.2. The third-order valence-electron chi connectivity index (χ3n) is 4.01. The summed E-state index contributed by atoms with van der Waals surface area (Å²) in [7, 11) is 0. The molecule has 0 amide bonds. The monoisotopic (exact) mass is 286 g/mol. The predicted octanol–water partition coefficient (Wildman–Crippen LogP) is 3.46. The molecular formula is C18H22O3. The Bertz CT molecular complexity index is 575. The Balaban J connectivity index is 1.54. The van der Waals surface area contributed by atoms with E-state index < -0.39 is 6.10 Å². The largest absolute Gasteiger partial charge is 0.386 e. The van der Waals surface area contributed by atoms with Gasteiger partial charge in [-0.15, -0.1) is 0 Å². The van der Waals surface area contributed by atoms with Crippen LogP contribution < -0.4 is 0 Å². The van der Waals surface area contributed by atoms with E-state index in [0.29, 0.717) is 13.2 Å². The van der Waals surface area contributed by atoms with Crippen molar-refractivity contribution in [2.75, 3.05) is 19.8 Å². The van der Waals surface area contributed by atoms with Crippen molar-refractivity contribution in [3.05, 3.63) is 48.0 Å². The first-order valence-electron chi connectivity index (χ1n) is 7.69. The molecule has 2 aromatic rings. The Morgan fingerprint density at radius 2 is 2.00 bits per heavy atom. The first kappa shape index (κ1) is 14.5. The number of hydrogen-bond donors (Lipinski definition) is 1. The molecule has 3 nitrogen and oxygen atoms in total. The highest BCUT2D eigenvalue weighted by atomic mass is 16.5. The van der Waals surface area contributed by atoms with Gasteiger partial charge in [0.2, 0.25) is 0 Å². The van der Waals surface area contributed by atoms with Gasteiger partial charge in [0.15, 0.2) is 0 Å². The van der Waals surface area contributed by atoms with E-state index in [-0.39, 0.29) is 6.10 Å². The van der Waals surface area contributed by atoms with Gasteiger partial charge in [0.05, 0.1) is 19.3 Å². The summed E-state index contributed by atoms with van der Waals surface area (Å²) in [5, 5.41) is 12.6. The highest BCUT2D eigenvalue weighted by molar-refractivity contribution is 5.83. The second kappa shape index (κ2) is 7.03. The van der Waals surface area contributed by atoms with Crippen LogP contribution in [-0.4, -0.2) is 31.0 Å². The summed E-state index contributed by atoms with van der Waals surface area (Å²) in [6.07, 6.45) is 3.03. The van der Waals surface area contributed by atoms with Gasteiger partial charge >= 0.3 is 0 Å². The minimum Gasteiger partial charge on any atom is -0.386 e. The second-order valence-electron chi connectivity index (χ2n) is 5.65. The molecule has 21 heavy (non-hydrogen) atoms. The fourth-order valence-electron chi connectivity index (χ4n) is 2.76. The Labute approximate surface area is 125 Å². The number of hydrogen-bond acceptors (Lipinski definition) is 3. The molecule has 0 bridgehead atoms. The van der Waals surface area contributed by atoms with E-state index in [0.717, 1.165) is 30.4 Å². The van der Waals surface area contributed by atoms with Crippen LogP contribution in [0.3, 0.4) is 0 Å². The Morgan fingerprint density at radius 1 is 1.14 bits per heavy atom. The number of rotatable bonds is 5. The minimum absolute atomic E-state index is 0.197. The zero-order valence-corrected chi connectivity index (χ0v) is 12.2. The zero-order valence-electron chi connectivity index (χ0n) is 12.2. The highest BCUT2D eigenvalue weighted by Crippen LogP contribution is 2.21. The van der Waals surface area contributed by atoms with Crippen molar-refractivity contribution >= 4 is 10.8 Å². The Hall–Kier alpha value is -1.42. The van der Waals surface area contributed by atoms with Crippen LogP contribution in [0.25, 0.3) is 10.8 Å². The predicted molar refractivity (Wildman–Crippen MR) is 83.3 cm³/mol.